The molecule has 1 N–H and O–H groups in total. The number of ether oxygens (including phenoxy) is 1. The molecule has 2 nitrogen and oxygen atoms in total. The van der Waals surface area contributed by atoms with Gasteiger partial charge in [-0.3, -0.25) is 0 Å². The van der Waals surface area contributed by atoms with Gasteiger partial charge in [0.2, 0.25) is 0 Å². The van der Waals surface area contributed by atoms with Crippen LogP contribution in [0.2, 0.25) is 0 Å². The van der Waals surface area contributed by atoms with Crippen LogP contribution in [0, 0.1) is 18.8 Å². The maximum atomic E-state index is 5.07. The summed E-state index contributed by atoms with van der Waals surface area (Å²) in [5.74, 6) is 1.74. The molecule has 1 unspecified atom stereocenters. The van der Waals surface area contributed by atoms with Crippen molar-refractivity contribution < 1.29 is 4.74 Å². The van der Waals surface area contributed by atoms with Crippen LogP contribution in [0.3, 0.4) is 0 Å². The molecule has 1 aliphatic rings. The van der Waals surface area contributed by atoms with Crippen molar-refractivity contribution in [3.63, 3.8) is 0 Å². The Morgan fingerprint density at radius 1 is 1.39 bits per heavy atom. The van der Waals surface area contributed by atoms with E-state index in [-0.39, 0.29) is 0 Å². The van der Waals surface area contributed by atoms with Crippen molar-refractivity contribution in [2.45, 2.75) is 26.2 Å². The first kappa shape index (κ1) is 13.6. The number of nitrogens with one attached hydrogen (secondary N) is 1. The lowest BCUT2D eigenvalue weighted by Gasteiger charge is -2.17. The summed E-state index contributed by atoms with van der Waals surface area (Å²) >= 11 is 0. The molecule has 0 radical (unpaired) electrons. The third-order valence-electron chi connectivity index (χ3n) is 3.76. The zero-order valence-electron chi connectivity index (χ0n) is 11.6. The molecule has 0 heterocycles. The summed E-state index contributed by atoms with van der Waals surface area (Å²) in [5, 5.41) is 3.52. The van der Waals surface area contributed by atoms with E-state index in [1.54, 1.807) is 7.11 Å². The highest BCUT2D eigenvalue weighted by Crippen LogP contribution is 2.38. The Balaban J connectivity index is 1.82. The Morgan fingerprint density at radius 3 is 2.89 bits per heavy atom. The molecule has 1 aliphatic carbocycles. The largest absolute Gasteiger partial charge is 0.383 e. The molecular formula is C16H25NO. The van der Waals surface area contributed by atoms with Gasteiger partial charge in [0, 0.05) is 13.7 Å². The number of methoxy groups -OCH3 is 1. The minimum Gasteiger partial charge on any atom is -0.383 e. The molecule has 0 amide bonds. The van der Waals surface area contributed by atoms with E-state index in [0.717, 1.165) is 31.5 Å². The molecule has 0 saturated heterocycles. The minimum atomic E-state index is 0.795. The maximum absolute atomic E-state index is 5.07. The van der Waals surface area contributed by atoms with Crippen LogP contribution in [0.25, 0.3) is 0 Å². The van der Waals surface area contributed by atoms with Gasteiger partial charge in [0.05, 0.1) is 6.61 Å². The van der Waals surface area contributed by atoms with E-state index in [1.165, 1.54) is 30.4 Å². The van der Waals surface area contributed by atoms with Gasteiger partial charge in [-0.05, 0) is 50.1 Å². The van der Waals surface area contributed by atoms with Crippen molar-refractivity contribution in [2.24, 2.45) is 11.8 Å². The lowest BCUT2D eigenvalue weighted by atomic mass is 9.94. The Morgan fingerprint density at radius 2 is 2.22 bits per heavy atom. The minimum absolute atomic E-state index is 0.795. The fourth-order valence-corrected chi connectivity index (χ4v) is 2.58. The predicted octanol–water partition coefficient (Wildman–Crippen LogP) is 2.80. The number of aryl methyl sites for hydroxylation is 1. The summed E-state index contributed by atoms with van der Waals surface area (Å²) in [5.41, 5.74) is 2.86. The van der Waals surface area contributed by atoms with Crippen molar-refractivity contribution in [1.82, 2.24) is 5.32 Å². The van der Waals surface area contributed by atoms with E-state index < -0.39 is 0 Å². The van der Waals surface area contributed by atoms with Gasteiger partial charge in [-0.25, -0.2) is 0 Å². The molecule has 1 aromatic rings. The van der Waals surface area contributed by atoms with Crippen molar-refractivity contribution in [3.8, 4) is 0 Å². The highest BCUT2D eigenvalue weighted by molar-refractivity contribution is 5.22. The fourth-order valence-electron chi connectivity index (χ4n) is 2.58. The Hall–Kier alpha value is -0.860. The van der Waals surface area contributed by atoms with Crippen LogP contribution in [0.15, 0.2) is 24.3 Å². The molecule has 1 atom stereocenters. The van der Waals surface area contributed by atoms with Crippen LogP contribution in [0.5, 0.6) is 0 Å². The molecule has 100 valence electrons. The quantitative estimate of drug-likeness (QED) is 0.713. The molecule has 2 heteroatoms. The zero-order chi connectivity index (χ0) is 12.8. The monoisotopic (exact) mass is 247 g/mol. The molecule has 0 aromatic heterocycles. The van der Waals surface area contributed by atoms with Gasteiger partial charge in [-0.2, -0.15) is 0 Å². The normalized spacial score (nSPS) is 16.8. The lowest BCUT2D eigenvalue weighted by Crippen LogP contribution is -2.28. The van der Waals surface area contributed by atoms with E-state index in [9.17, 15) is 0 Å². The van der Waals surface area contributed by atoms with Crippen LogP contribution in [0.1, 0.15) is 24.0 Å². The van der Waals surface area contributed by atoms with Gasteiger partial charge in [0.15, 0.2) is 0 Å². The van der Waals surface area contributed by atoms with Gasteiger partial charge in [-0.15, -0.1) is 0 Å². The van der Waals surface area contributed by atoms with E-state index in [1.807, 2.05) is 0 Å². The number of hydrogen-bond donors (Lipinski definition) is 1. The Bertz CT molecular complexity index is 360. The van der Waals surface area contributed by atoms with Gasteiger partial charge >= 0.3 is 0 Å². The summed E-state index contributed by atoms with van der Waals surface area (Å²) in [6, 6.07) is 8.93. The second kappa shape index (κ2) is 6.91. The molecule has 0 aliphatic heterocycles. The van der Waals surface area contributed by atoms with E-state index in [4.69, 9.17) is 4.74 Å². The highest BCUT2D eigenvalue weighted by Gasteiger charge is 2.30. The van der Waals surface area contributed by atoms with E-state index in [2.05, 4.69) is 36.5 Å². The average Bonchev–Trinajstić information content (AvgIpc) is 3.17. The van der Waals surface area contributed by atoms with Crippen molar-refractivity contribution in [3.05, 3.63) is 35.4 Å². The predicted molar refractivity (Wildman–Crippen MR) is 75.8 cm³/mol. The number of rotatable bonds is 8. The van der Waals surface area contributed by atoms with Crippen molar-refractivity contribution >= 4 is 0 Å². The average molecular weight is 247 g/mol. The second-order valence-electron chi connectivity index (χ2n) is 5.49. The van der Waals surface area contributed by atoms with Crippen molar-refractivity contribution in [1.29, 1.82) is 0 Å². The topological polar surface area (TPSA) is 21.3 Å². The standard InChI is InChI=1S/C16H25NO/c1-13-4-3-5-14(10-13)11-16(15-6-7-15)12-17-8-9-18-2/h3-5,10,15-17H,6-9,11-12H2,1-2H3. The Labute approximate surface area is 111 Å². The number of hydrogen-bond acceptors (Lipinski definition) is 2. The molecule has 0 spiro atoms. The van der Waals surface area contributed by atoms with Crippen LogP contribution in [0.4, 0.5) is 0 Å². The highest BCUT2D eigenvalue weighted by atomic mass is 16.5. The van der Waals surface area contributed by atoms with E-state index in [0.29, 0.717) is 0 Å². The fraction of sp³-hybridized carbons (Fsp3) is 0.625. The van der Waals surface area contributed by atoms with Gasteiger partial charge in [0.25, 0.3) is 0 Å². The first-order chi connectivity index (χ1) is 8.79. The van der Waals surface area contributed by atoms with Gasteiger partial charge in [-0.1, -0.05) is 29.8 Å². The smallest absolute Gasteiger partial charge is 0.0587 e. The first-order valence-corrected chi connectivity index (χ1v) is 7.05. The van der Waals surface area contributed by atoms with Crippen LogP contribution < -0.4 is 5.32 Å². The summed E-state index contributed by atoms with van der Waals surface area (Å²) < 4.78 is 5.07. The van der Waals surface area contributed by atoms with Gasteiger partial charge < -0.3 is 10.1 Å². The van der Waals surface area contributed by atoms with Crippen LogP contribution >= 0.6 is 0 Å². The van der Waals surface area contributed by atoms with Crippen LogP contribution in [-0.4, -0.2) is 26.8 Å². The summed E-state index contributed by atoms with van der Waals surface area (Å²) in [4.78, 5) is 0. The van der Waals surface area contributed by atoms with Crippen molar-refractivity contribution in [2.75, 3.05) is 26.8 Å². The molecule has 2 rings (SSSR count). The molecular weight excluding hydrogens is 222 g/mol. The lowest BCUT2D eigenvalue weighted by molar-refractivity contribution is 0.197. The Kier molecular flexibility index (Phi) is 5.21. The molecule has 1 saturated carbocycles. The zero-order valence-corrected chi connectivity index (χ0v) is 11.6. The molecule has 1 fully saturated rings. The maximum Gasteiger partial charge on any atom is 0.0587 e. The number of benzene rings is 1. The summed E-state index contributed by atoms with van der Waals surface area (Å²) in [6.45, 7) is 5.07. The van der Waals surface area contributed by atoms with Gasteiger partial charge in [0.1, 0.15) is 0 Å². The molecule has 1 aromatic carbocycles. The van der Waals surface area contributed by atoms with Crippen LogP contribution in [-0.2, 0) is 11.2 Å². The molecule has 18 heavy (non-hydrogen) atoms. The first-order valence-electron chi connectivity index (χ1n) is 7.05. The third-order valence-corrected chi connectivity index (χ3v) is 3.76. The summed E-state index contributed by atoms with van der Waals surface area (Å²) in [7, 11) is 1.76. The SMILES string of the molecule is COCCNCC(Cc1cccc(C)c1)C1CC1. The third kappa shape index (κ3) is 4.43. The molecule has 0 bridgehead atoms. The second-order valence-corrected chi connectivity index (χ2v) is 5.49. The van der Waals surface area contributed by atoms with E-state index >= 15 is 0 Å². The summed E-state index contributed by atoms with van der Waals surface area (Å²) in [6.07, 6.45) is 4.05.